The molecule has 0 fully saturated rings. The van der Waals surface area contributed by atoms with Crippen LogP contribution in [0.2, 0.25) is 5.02 Å². The Morgan fingerprint density at radius 3 is 2.92 bits per heavy atom. The Bertz CT molecular complexity index is 276. The molecule has 0 bridgehead atoms. The lowest BCUT2D eigenvalue weighted by Crippen LogP contribution is -2.02. The van der Waals surface area contributed by atoms with E-state index in [1.165, 1.54) is 6.07 Å². The van der Waals surface area contributed by atoms with Crippen molar-refractivity contribution in [2.75, 3.05) is 11.9 Å². The van der Waals surface area contributed by atoms with Crippen LogP contribution in [0.1, 0.15) is 19.8 Å². The Labute approximate surface area is 82.9 Å². The van der Waals surface area contributed by atoms with Crippen molar-refractivity contribution in [1.82, 2.24) is 0 Å². The molecule has 0 aliphatic carbocycles. The first kappa shape index (κ1) is 10.3. The lowest BCUT2D eigenvalue weighted by atomic mass is 10.3. The van der Waals surface area contributed by atoms with E-state index in [-0.39, 0.29) is 5.82 Å². The fourth-order valence-corrected chi connectivity index (χ4v) is 1.20. The van der Waals surface area contributed by atoms with Crippen LogP contribution in [-0.4, -0.2) is 6.54 Å². The first-order valence-corrected chi connectivity index (χ1v) is 4.80. The molecule has 0 unspecified atom stereocenters. The highest BCUT2D eigenvalue weighted by atomic mass is 35.5. The second-order valence-corrected chi connectivity index (χ2v) is 3.34. The highest BCUT2D eigenvalue weighted by Crippen LogP contribution is 2.19. The fraction of sp³-hybridized carbons (Fsp3) is 0.400. The quantitative estimate of drug-likeness (QED) is 0.733. The van der Waals surface area contributed by atoms with E-state index >= 15 is 0 Å². The SMILES string of the molecule is CCCCNc1cc(Cl)ccc1F. The Hall–Kier alpha value is -0.760. The lowest BCUT2D eigenvalue weighted by molar-refractivity contribution is 0.629. The van der Waals surface area contributed by atoms with Gasteiger partial charge < -0.3 is 5.32 Å². The molecular weight excluding hydrogens is 189 g/mol. The van der Waals surface area contributed by atoms with Crippen LogP contribution in [-0.2, 0) is 0 Å². The number of benzene rings is 1. The minimum absolute atomic E-state index is 0.250. The van der Waals surface area contributed by atoms with Crippen LogP contribution >= 0.6 is 11.6 Å². The highest BCUT2D eigenvalue weighted by molar-refractivity contribution is 6.30. The minimum atomic E-state index is -0.250. The standard InChI is InChI=1S/C10H13ClFN/c1-2-3-6-13-10-7-8(11)4-5-9(10)12/h4-5,7,13H,2-3,6H2,1H3. The Morgan fingerprint density at radius 1 is 1.46 bits per heavy atom. The van der Waals surface area contributed by atoms with Gasteiger partial charge in [0.15, 0.2) is 0 Å². The van der Waals surface area contributed by atoms with E-state index in [1.807, 2.05) is 0 Å². The van der Waals surface area contributed by atoms with Gasteiger partial charge in [0.1, 0.15) is 5.82 Å². The van der Waals surface area contributed by atoms with Crippen LogP contribution in [0.5, 0.6) is 0 Å². The summed E-state index contributed by atoms with van der Waals surface area (Å²) in [7, 11) is 0. The van der Waals surface area contributed by atoms with Gasteiger partial charge in [0.25, 0.3) is 0 Å². The number of unbranched alkanes of at least 4 members (excludes halogenated alkanes) is 1. The third kappa shape index (κ3) is 3.23. The Kier molecular flexibility index (Phi) is 4.03. The fourth-order valence-electron chi connectivity index (χ4n) is 1.03. The smallest absolute Gasteiger partial charge is 0.146 e. The molecule has 1 nitrogen and oxygen atoms in total. The van der Waals surface area contributed by atoms with Crippen molar-refractivity contribution < 1.29 is 4.39 Å². The molecule has 0 amide bonds. The monoisotopic (exact) mass is 201 g/mol. The van der Waals surface area contributed by atoms with Gasteiger partial charge in [-0.1, -0.05) is 24.9 Å². The van der Waals surface area contributed by atoms with Crippen molar-refractivity contribution in [3.05, 3.63) is 29.0 Å². The molecule has 0 saturated heterocycles. The minimum Gasteiger partial charge on any atom is -0.383 e. The van der Waals surface area contributed by atoms with Gasteiger partial charge in [0.05, 0.1) is 5.69 Å². The van der Waals surface area contributed by atoms with Gasteiger partial charge in [0.2, 0.25) is 0 Å². The molecule has 1 aromatic rings. The summed E-state index contributed by atoms with van der Waals surface area (Å²) >= 11 is 5.72. The summed E-state index contributed by atoms with van der Waals surface area (Å²) in [5, 5.41) is 3.55. The first-order chi connectivity index (χ1) is 6.24. The molecule has 3 heteroatoms. The molecule has 0 atom stereocenters. The molecule has 1 aromatic carbocycles. The number of hydrogen-bond acceptors (Lipinski definition) is 1. The molecule has 72 valence electrons. The van der Waals surface area contributed by atoms with Crippen LogP contribution in [0.15, 0.2) is 18.2 Å². The number of anilines is 1. The second kappa shape index (κ2) is 5.07. The molecule has 0 aromatic heterocycles. The number of hydrogen-bond donors (Lipinski definition) is 1. The van der Waals surface area contributed by atoms with Crippen molar-refractivity contribution >= 4 is 17.3 Å². The zero-order valence-electron chi connectivity index (χ0n) is 7.61. The summed E-state index contributed by atoms with van der Waals surface area (Å²) in [4.78, 5) is 0. The zero-order valence-corrected chi connectivity index (χ0v) is 8.37. The second-order valence-electron chi connectivity index (χ2n) is 2.90. The number of halogens is 2. The summed E-state index contributed by atoms with van der Waals surface area (Å²) in [6.07, 6.45) is 2.13. The molecule has 0 aliphatic rings. The molecule has 1 rings (SSSR count). The van der Waals surface area contributed by atoms with Crippen LogP contribution in [0.3, 0.4) is 0 Å². The van der Waals surface area contributed by atoms with E-state index < -0.39 is 0 Å². The molecule has 13 heavy (non-hydrogen) atoms. The van der Waals surface area contributed by atoms with Crippen LogP contribution in [0.25, 0.3) is 0 Å². The van der Waals surface area contributed by atoms with E-state index in [1.54, 1.807) is 12.1 Å². The summed E-state index contributed by atoms with van der Waals surface area (Å²) in [6, 6.07) is 4.52. The molecular formula is C10H13ClFN. The van der Waals surface area contributed by atoms with Gasteiger partial charge in [0, 0.05) is 11.6 Å². The van der Waals surface area contributed by atoms with E-state index in [0.717, 1.165) is 19.4 Å². The third-order valence-electron chi connectivity index (χ3n) is 1.77. The van der Waals surface area contributed by atoms with Crippen LogP contribution in [0.4, 0.5) is 10.1 Å². The van der Waals surface area contributed by atoms with Crippen molar-refractivity contribution in [2.45, 2.75) is 19.8 Å². The Balaban J connectivity index is 2.59. The number of nitrogens with one attached hydrogen (secondary N) is 1. The molecule has 0 radical (unpaired) electrons. The van der Waals surface area contributed by atoms with Gasteiger partial charge >= 0.3 is 0 Å². The zero-order chi connectivity index (χ0) is 9.68. The molecule has 0 heterocycles. The van der Waals surface area contributed by atoms with Crippen LogP contribution in [0, 0.1) is 5.82 Å². The summed E-state index contributed by atoms with van der Waals surface area (Å²) < 4.78 is 13.1. The van der Waals surface area contributed by atoms with Gasteiger partial charge in [-0.3, -0.25) is 0 Å². The first-order valence-electron chi connectivity index (χ1n) is 4.43. The summed E-state index contributed by atoms with van der Waals surface area (Å²) in [5.74, 6) is -0.250. The van der Waals surface area contributed by atoms with Gasteiger partial charge in [-0.05, 0) is 24.6 Å². The topological polar surface area (TPSA) is 12.0 Å². The van der Waals surface area contributed by atoms with E-state index in [4.69, 9.17) is 11.6 Å². The summed E-state index contributed by atoms with van der Waals surface area (Å²) in [5.41, 5.74) is 0.487. The maximum absolute atomic E-state index is 13.1. The van der Waals surface area contributed by atoms with Gasteiger partial charge in [-0.25, -0.2) is 4.39 Å². The number of rotatable bonds is 4. The molecule has 0 spiro atoms. The molecule has 0 saturated carbocycles. The van der Waals surface area contributed by atoms with E-state index in [0.29, 0.717) is 10.7 Å². The van der Waals surface area contributed by atoms with Gasteiger partial charge in [-0.15, -0.1) is 0 Å². The third-order valence-corrected chi connectivity index (χ3v) is 2.01. The predicted molar refractivity (Wildman–Crippen MR) is 54.8 cm³/mol. The van der Waals surface area contributed by atoms with Crippen molar-refractivity contribution in [1.29, 1.82) is 0 Å². The normalized spacial score (nSPS) is 10.1. The maximum atomic E-state index is 13.1. The largest absolute Gasteiger partial charge is 0.383 e. The van der Waals surface area contributed by atoms with Crippen molar-refractivity contribution in [2.24, 2.45) is 0 Å². The molecule has 0 aliphatic heterocycles. The van der Waals surface area contributed by atoms with Crippen LogP contribution < -0.4 is 5.32 Å². The Morgan fingerprint density at radius 2 is 2.23 bits per heavy atom. The lowest BCUT2D eigenvalue weighted by Gasteiger charge is -2.06. The van der Waals surface area contributed by atoms with E-state index in [2.05, 4.69) is 12.2 Å². The van der Waals surface area contributed by atoms with Crippen molar-refractivity contribution in [3.63, 3.8) is 0 Å². The van der Waals surface area contributed by atoms with Gasteiger partial charge in [-0.2, -0.15) is 0 Å². The summed E-state index contributed by atoms with van der Waals surface area (Å²) in [6.45, 7) is 2.88. The average Bonchev–Trinajstić information content (AvgIpc) is 2.11. The van der Waals surface area contributed by atoms with Crippen molar-refractivity contribution in [3.8, 4) is 0 Å². The molecule has 1 N–H and O–H groups in total. The van der Waals surface area contributed by atoms with E-state index in [9.17, 15) is 4.39 Å². The average molecular weight is 202 g/mol. The predicted octanol–water partition coefficient (Wildman–Crippen LogP) is 3.69. The highest BCUT2D eigenvalue weighted by Gasteiger charge is 2.00. The maximum Gasteiger partial charge on any atom is 0.146 e.